The maximum Gasteiger partial charge on any atom is 0.0999 e. The fourth-order valence-corrected chi connectivity index (χ4v) is 12.0. The highest BCUT2D eigenvalue weighted by Gasteiger charge is 2.70. The lowest BCUT2D eigenvalue weighted by atomic mass is 9.76. The number of rotatable bonds is 4. The van der Waals surface area contributed by atoms with Gasteiger partial charge in [-0.25, -0.2) is 0 Å². The molecule has 0 aliphatic heterocycles. The van der Waals surface area contributed by atoms with Crippen molar-refractivity contribution < 1.29 is 0 Å². The van der Waals surface area contributed by atoms with Gasteiger partial charge in [-0.2, -0.15) is 0 Å². The zero-order chi connectivity index (χ0) is 25.2. The minimum Gasteiger partial charge on any atom is -0.120 e. The highest BCUT2D eigenvalue weighted by molar-refractivity contribution is 6.54. The summed E-state index contributed by atoms with van der Waals surface area (Å²) in [4.78, 5) is -3.64. The van der Waals surface area contributed by atoms with Gasteiger partial charge in [-0.05, 0) is 35.8 Å². The number of hydrogen-bond donors (Lipinski definition) is 0. The standard InChI is InChI=1S/C24H20Cl10/c1-9(13-15(25)23(33)7-21(13,31)17(27)19(23)29)11-3-5-12(6-4-11)10(2)14-16(26)24(34)8-22(14,32)18(28)20(24)30/h3-6,9-10,13-16H,7-8H2,1-2H3. The summed E-state index contributed by atoms with van der Waals surface area (Å²) in [5.74, 6) is -0.378. The van der Waals surface area contributed by atoms with Crippen LogP contribution in [0.2, 0.25) is 0 Å². The van der Waals surface area contributed by atoms with Gasteiger partial charge in [0.25, 0.3) is 0 Å². The van der Waals surface area contributed by atoms with E-state index in [4.69, 9.17) is 116 Å². The predicted molar refractivity (Wildman–Crippen MR) is 151 cm³/mol. The Hall–Kier alpha value is 1.60. The van der Waals surface area contributed by atoms with Gasteiger partial charge in [0.15, 0.2) is 0 Å². The van der Waals surface area contributed by atoms with Gasteiger partial charge < -0.3 is 0 Å². The van der Waals surface area contributed by atoms with Crippen LogP contribution in [0.4, 0.5) is 0 Å². The third-order valence-corrected chi connectivity index (χ3v) is 15.0. The van der Waals surface area contributed by atoms with Crippen molar-refractivity contribution in [3.8, 4) is 0 Å². The van der Waals surface area contributed by atoms with E-state index in [-0.39, 0.29) is 23.7 Å². The molecule has 1 aromatic rings. The second-order valence-electron chi connectivity index (χ2n) is 10.2. The van der Waals surface area contributed by atoms with Gasteiger partial charge in [0, 0.05) is 11.8 Å². The van der Waals surface area contributed by atoms with Crippen LogP contribution in [0, 0.1) is 11.8 Å². The second-order valence-corrected chi connectivity index (χ2v) is 15.3. The zero-order valence-corrected chi connectivity index (χ0v) is 25.5. The highest BCUT2D eigenvalue weighted by atomic mass is 35.5. The topological polar surface area (TPSA) is 0 Å². The van der Waals surface area contributed by atoms with Gasteiger partial charge in [-0.1, -0.05) is 84.5 Å². The fourth-order valence-electron chi connectivity index (χ4n) is 6.60. The molecule has 2 fully saturated rings. The van der Waals surface area contributed by atoms with Crippen LogP contribution in [0.25, 0.3) is 0 Å². The molecule has 0 spiro atoms. The summed E-state index contributed by atoms with van der Waals surface area (Å²) >= 11 is 67.1. The Morgan fingerprint density at radius 2 is 0.853 bits per heavy atom. The van der Waals surface area contributed by atoms with E-state index in [0.29, 0.717) is 33.0 Å². The summed E-state index contributed by atoms with van der Waals surface area (Å²) < 4.78 is 0. The summed E-state index contributed by atoms with van der Waals surface area (Å²) in [6.45, 7) is 4.17. The summed E-state index contributed by atoms with van der Waals surface area (Å²) in [6, 6.07) is 8.30. The molecule has 4 aliphatic rings. The van der Waals surface area contributed by atoms with Gasteiger partial charge >= 0.3 is 0 Å². The van der Waals surface area contributed by atoms with E-state index in [0.717, 1.165) is 11.1 Å². The molecule has 0 heterocycles. The summed E-state index contributed by atoms with van der Waals surface area (Å²) in [7, 11) is 0. The monoisotopic (exact) mass is 658 g/mol. The molecule has 0 saturated heterocycles. The zero-order valence-electron chi connectivity index (χ0n) is 18.0. The number of fused-ring (bicyclic) bond motifs is 4. The number of benzene rings is 1. The predicted octanol–water partition coefficient (Wildman–Crippen LogP) is 10.5. The van der Waals surface area contributed by atoms with E-state index in [1.807, 2.05) is 0 Å². The first kappa shape index (κ1) is 27.2. The maximum atomic E-state index is 7.00. The Labute approximate surface area is 250 Å². The van der Waals surface area contributed by atoms with Crippen molar-refractivity contribution in [3.63, 3.8) is 0 Å². The van der Waals surface area contributed by atoms with Crippen molar-refractivity contribution in [1.82, 2.24) is 0 Å². The first-order chi connectivity index (χ1) is 15.6. The molecule has 0 amide bonds. The lowest BCUT2D eigenvalue weighted by molar-refractivity contribution is 0.400. The largest absolute Gasteiger partial charge is 0.120 e. The van der Waals surface area contributed by atoms with Crippen molar-refractivity contribution in [3.05, 3.63) is 55.5 Å². The Bertz CT molecular complexity index is 1030. The molecule has 2 saturated carbocycles. The molecule has 34 heavy (non-hydrogen) atoms. The Morgan fingerprint density at radius 1 is 0.588 bits per heavy atom. The summed E-state index contributed by atoms with van der Waals surface area (Å²) in [5.41, 5.74) is 2.15. The first-order valence-electron chi connectivity index (χ1n) is 10.9. The van der Waals surface area contributed by atoms with Crippen LogP contribution in [0.15, 0.2) is 44.4 Å². The summed E-state index contributed by atoms with van der Waals surface area (Å²) in [6.07, 6.45) is 0.819. The van der Waals surface area contributed by atoms with E-state index in [1.165, 1.54) is 0 Å². The first-order valence-corrected chi connectivity index (χ1v) is 14.8. The van der Waals surface area contributed by atoms with Crippen LogP contribution in [0.1, 0.15) is 49.7 Å². The second kappa shape index (κ2) is 8.55. The number of allylic oxidation sites excluding steroid dienone is 4. The molecule has 1 aromatic carbocycles. The Kier molecular flexibility index (Phi) is 6.83. The molecule has 186 valence electrons. The molecule has 10 atom stereocenters. The van der Waals surface area contributed by atoms with Crippen LogP contribution in [-0.2, 0) is 0 Å². The average molecular weight is 663 g/mol. The van der Waals surface area contributed by atoms with Gasteiger partial charge in [0.2, 0.25) is 0 Å². The van der Waals surface area contributed by atoms with Crippen LogP contribution in [0.5, 0.6) is 0 Å². The van der Waals surface area contributed by atoms with Gasteiger partial charge in [-0.3, -0.25) is 0 Å². The normalized spacial score (nSPS) is 47.2. The lowest BCUT2D eigenvalue weighted by Gasteiger charge is -2.39. The molecule has 0 nitrogen and oxygen atoms in total. The van der Waals surface area contributed by atoms with E-state index < -0.39 is 30.3 Å². The third-order valence-electron chi connectivity index (χ3n) is 8.50. The smallest absolute Gasteiger partial charge is 0.0999 e. The Morgan fingerprint density at radius 3 is 1.12 bits per heavy atom. The van der Waals surface area contributed by atoms with Gasteiger partial charge in [0.05, 0.1) is 50.4 Å². The van der Waals surface area contributed by atoms with Crippen molar-refractivity contribution in [2.45, 2.75) is 68.8 Å². The van der Waals surface area contributed by atoms with Crippen molar-refractivity contribution in [2.75, 3.05) is 0 Å². The van der Waals surface area contributed by atoms with Crippen molar-refractivity contribution in [1.29, 1.82) is 0 Å². The molecule has 10 heteroatoms. The maximum absolute atomic E-state index is 7.00. The molecule has 4 aliphatic carbocycles. The molecule has 0 N–H and O–H groups in total. The minimum absolute atomic E-state index is 0.00608. The van der Waals surface area contributed by atoms with Gasteiger partial charge in [0.1, 0.15) is 0 Å². The third kappa shape index (κ3) is 3.33. The van der Waals surface area contributed by atoms with Crippen LogP contribution >= 0.6 is 116 Å². The number of hydrogen-bond acceptors (Lipinski definition) is 0. The lowest BCUT2D eigenvalue weighted by Crippen LogP contribution is -2.40. The van der Waals surface area contributed by atoms with E-state index in [1.54, 1.807) is 0 Å². The number of alkyl halides is 6. The SMILES string of the molecule is CC(c1ccc(C(C)C2C(Cl)C3(Cl)CC2(Cl)C(Cl)=C3Cl)cc1)C1C(Cl)C2(Cl)CC1(Cl)C(Cl)=C2Cl. The molecule has 4 bridgehead atoms. The van der Waals surface area contributed by atoms with E-state index in [9.17, 15) is 0 Å². The Balaban J connectivity index is 1.41. The van der Waals surface area contributed by atoms with E-state index >= 15 is 0 Å². The molecular formula is C24H20Cl10. The minimum atomic E-state index is -0.938. The molecule has 0 aromatic heterocycles. The van der Waals surface area contributed by atoms with Crippen molar-refractivity contribution in [2.24, 2.45) is 11.8 Å². The fraction of sp³-hybridized carbons (Fsp3) is 0.583. The van der Waals surface area contributed by atoms with Crippen LogP contribution in [0.3, 0.4) is 0 Å². The quantitative estimate of drug-likeness (QED) is 0.282. The number of halogens is 10. The molecule has 5 rings (SSSR count). The highest BCUT2D eigenvalue weighted by Crippen LogP contribution is 2.70. The molecular weight excluding hydrogens is 643 g/mol. The average Bonchev–Trinajstić information content (AvgIpc) is 3.29. The summed E-state index contributed by atoms with van der Waals surface area (Å²) in [5, 5.41) is 0.632. The van der Waals surface area contributed by atoms with E-state index in [2.05, 4.69) is 38.1 Å². The van der Waals surface area contributed by atoms with Crippen LogP contribution in [-0.4, -0.2) is 30.3 Å². The van der Waals surface area contributed by atoms with Crippen molar-refractivity contribution >= 4 is 116 Å². The van der Waals surface area contributed by atoms with Crippen LogP contribution < -0.4 is 0 Å². The molecule has 10 unspecified atom stereocenters. The van der Waals surface area contributed by atoms with Gasteiger partial charge in [-0.15, -0.1) is 69.6 Å². The molecule has 0 radical (unpaired) electrons.